The lowest BCUT2D eigenvalue weighted by Gasteiger charge is -2.10. The molecule has 84 valence electrons. The van der Waals surface area contributed by atoms with E-state index in [1.165, 1.54) is 11.3 Å². The molecule has 1 aliphatic rings. The minimum absolute atomic E-state index is 0.0128. The molecule has 2 rings (SSSR count). The van der Waals surface area contributed by atoms with Crippen LogP contribution in [0.15, 0.2) is 10.2 Å². The highest BCUT2D eigenvalue weighted by atomic mass is 32.1. The Morgan fingerprint density at radius 1 is 1.67 bits per heavy atom. The average molecular weight is 229 g/mol. The monoisotopic (exact) mass is 229 g/mol. The van der Waals surface area contributed by atoms with E-state index in [-0.39, 0.29) is 11.0 Å². The van der Waals surface area contributed by atoms with Crippen LogP contribution in [0.25, 0.3) is 0 Å². The van der Waals surface area contributed by atoms with Gasteiger partial charge in [0.05, 0.1) is 6.10 Å². The second kappa shape index (κ2) is 4.89. The van der Waals surface area contributed by atoms with Crippen molar-refractivity contribution in [2.24, 2.45) is 0 Å². The molecule has 0 aliphatic carbocycles. The molecule has 1 fully saturated rings. The number of aliphatic hydroxyl groups excluding tert-OH is 1. The van der Waals surface area contributed by atoms with Crippen LogP contribution in [0.2, 0.25) is 0 Å². The molecule has 0 spiro atoms. The number of thiazole rings is 1. The third kappa shape index (κ3) is 3.13. The number of hydrogen-bond acceptors (Lipinski definition) is 5. The van der Waals surface area contributed by atoms with Gasteiger partial charge in [0.1, 0.15) is 0 Å². The molecule has 0 aromatic carbocycles. The topological polar surface area (TPSA) is 77.2 Å². The molecule has 2 unspecified atom stereocenters. The van der Waals surface area contributed by atoms with Gasteiger partial charge in [0.2, 0.25) is 0 Å². The van der Waals surface area contributed by atoms with Crippen molar-refractivity contribution in [3.63, 3.8) is 0 Å². The van der Waals surface area contributed by atoms with E-state index in [0.29, 0.717) is 19.1 Å². The number of hydrogen-bond donors (Lipinski definition) is 4. The number of aromatic amines is 1. The normalized spacial score (nSPS) is 25.9. The minimum Gasteiger partial charge on any atom is -0.392 e. The fraction of sp³-hybridized carbons (Fsp3) is 0.667. The molecule has 5 nitrogen and oxygen atoms in total. The molecular formula is C9H15N3O2S. The smallest absolute Gasteiger partial charge is 0.304 e. The summed E-state index contributed by atoms with van der Waals surface area (Å²) < 4.78 is 0. The predicted octanol–water partition coefficient (Wildman–Crippen LogP) is -0.751. The molecule has 0 saturated carbocycles. The van der Waals surface area contributed by atoms with Crippen LogP contribution in [-0.2, 0) is 6.54 Å². The first-order chi connectivity index (χ1) is 7.24. The lowest BCUT2D eigenvalue weighted by Crippen LogP contribution is -2.33. The van der Waals surface area contributed by atoms with E-state index in [0.717, 1.165) is 18.7 Å². The molecule has 15 heavy (non-hydrogen) atoms. The number of rotatable bonds is 4. The van der Waals surface area contributed by atoms with Gasteiger partial charge in [-0.1, -0.05) is 11.3 Å². The van der Waals surface area contributed by atoms with Crippen molar-refractivity contribution in [2.75, 3.05) is 13.1 Å². The second-order valence-electron chi connectivity index (χ2n) is 3.80. The highest BCUT2D eigenvalue weighted by Crippen LogP contribution is 2.05. The summed E-state index contributed by atoms with van der Waals surface area (Å²) in [6, 6.07) is 0.338. The number of aromatic nitrogens is 1. The van der Waals surface area contributed by atoms with Crippen LogP contribution >= 0.6 is 11.3 Å². The van der Waals surface area contributed by atoms with Gasteiger partial charge in [0.25, 0.3) is 0 Å². The van der Waals surface area contributed by atoms with Gasteiger partial charge in [-0.25, -0.2) is 0 Å². The second-order valence-corrected chi connectivity index (χ2v) is 4.64. The van der Waals surface area contributed by atoms with E-state index < -0.39 is 0 Å². The molecule has 6 heteroatoms. The van der Waals surface area contributed by atoms with Crippen molar-refractivity contribution in [1.29, 1.82) is 0 Å². The largest absolute Gasteiger partial charge is 0.392 e. The van der Waals surface area contributed by atoms with Gasteiger partial charge >= 0.3 is 4.87 Å². The first-order valence-corrected chi connectivity index (χ1v) is 5.91. The first-order valence-electron chi connectivity index (χ1n) is 5.03. The summed E-state index contributed by atoms with van der Waals surface area (Å²) in [5.74, 6) is 0. The maximum Gasteiger partial charge on any atom is 0.304 e. The lowest BCUT2D eigenvalue weighted by molar-refractivity contribution is 0.193. The van der Waals surface area contributed by atoms with Crippen LogP contribution in [0.1, 0.15) is 12.1 Å². The summed E-state index contributed by atoms with van der Waals surface area (Å²) >= 11 is 1.18. The highest BCUT2D eigenvalue weighted by molar-refractivity contribution is 7.07. The Balaban J connectivity index is 1.69. The van der Waals surface area contributed by atoms with E-state index in [2.05, 4.69) is 15.6 Å². The van der Waals surface area contributed by atoms with Gasteiger partial charge in [-0.15, -0.1) is 0 Å². The Kier molecular flexibility index (Phi) is 3.53. The Morgan fingerprint density at radius 2 is 2.53 bits per heavy atom. The van der Waals surface area contributed by atoms with E-state index in [4.69, 9.17) is 0 Å². The Bertz CT molecular complexity index is 362. The molecule has 1 aromatic heterocycles. The summed E-state index contributed by atoms with van der Waals surface area (Å²) in [7, 11) is 0. The first kappa shape index (κ1) is 10.8. The summed E-state index contributed by atoms with van der Waals surface area (Å²) in [5, 5.41) is 17.6. The van der Waals surface area contributed by atoms with Crippen LogP contribution in [0.5, 0.6) is 0 Å². The van der Waals surface area contributed by atoms with Crippen molar-refractivity contribution in [3.05, 3.63) is 20.7 Å². The quantitative estimate of drug-likeness (QED) is 0.548. The Morgan fingerprint density at radius 3 is 3.13 bits per heavy atom. The molecular weight excluding hydrogens is 214 g/mol. The van der Waals surface area contributed by atoms with Crippen molar-refractivity contribution < 1.29 is 5.11 Å². The van der Waals surface area contributed by atoms with Gasteiger partial charge in [-0.3, -0.25) is 4.79 Å². The average Bonchev–Trinajstić information content (AvgIpc) is 2.76. The predicted molar refractivity (Wildman–Crippen MR) is 59.1 cm³/mol. The third-order valence-electron chi connectivity index (χ3n) is 2.48. The standard InChI is InChI=1S/C9H15N3O2S/c13-8-1-6(11-4-8)2-10-3-7-5-15-9(14)12-7/h5-6,8,10-11,13H,1-4H2,(H,12,14). The van der Waals surface area contributed by atoms with Gasteiger partial charge < -0.3 is 20.7 Å². The molecule has 1 saturated heterocycles. The minimum atomic E-state index is -0.210. The molecule has 0 amide bonds. The van der Waals surface area contributed by atoms with Gasteiger partial charge in [0.15, 0.2) is 0 Å². The van der Waals surface area contributed by atoms with Crippen LogP contribution in [-0.4, -0.2) is 35.3 Å². The molecule has 4 N–H and O–H groups in total. The van der Waals surface area contributed by atoms with Gasteiger partial charge in [0, 0.05) is 36.8 Å². The van der Waals surface area contributed by atoms with Crippen molar-refractivity contribution in [2.45, 2.75) is 25.1 Å². The van der Waals surface area contributed by atoms with E-state index in [1.807, 2.05) is 5.38 Å². The maximum atomic E-state index is 10.8. The number of H-pyrrole nitrogens is 1. The molecule has 1 aliphatic heterocycles. The van der Waals surface area contributed by atoms with Crippen LogP contribution in [0, 0.1) is 0 Å². The molecule has 0 radical (unpaired) electrons. The highest BCUT2D eigenvalue weighted by Gasteiger charge is 2.21. The van der Waals surface area contributed by atoms with Crippen LogP contribution in [0.4, 0.5) is 0 Å². The SMILES string of the molecule is O=c1[nH]c(CNCC2CC(O)CN2)cs1. The fourth-order valence-electron chi connectivity index (χ4n) is 1.73. The molecule has 1 aromatic rings. The Hall–Kier alpha value is -0.690. The third-order valence-corrected chi connectivity index (χ3v) is 3.19. The molecule has 2 atom stereocenters. The zero-order valence-corrected chi connectivity index (χ0v) is 9.14. The zero-order valence-electron chi connectivity index (χ0n) is 8.32. The number of β-amino-alcohol motifs (C(OH)–C–C–N with tert-alkyl or cyclic N) is 1. The summed E-state index contributed by atoms with van der Waals surface area (Å²) in [6.07, 6.45) is 0.588. The zero-order chi connectivity index (χ0) is 10.7. The van der Waals surface area contributed by atoms with Crippen LogP contribution in [0.3, 0.4) is 0 Å². The van der Waals surface area contributed by atoms with E-state index >= 15 is 0 Å². The number of aliphatic hydroxyl groups is 1. The maximum absolute atomic E-state index is 10.8. The summed E-state index contributed by atoms with van der Waals surface area (Å²) in [4.78, 5) is 13.6. The number of nitrogens with one attached hydrogen (secondary N) is 3. The van der Waals surface area contributed by atoms with Crippen molar-refractivity contribution >= 4 is 11.3 Å². The van der Waals surface area contributed by atoms with E-state index in [9.17, 15) is 9.90 Å². The summed E-state index contributed by atoms with van der Waals surface area (Å²) in [5.41, 5.74) is 0.920. The Labute approximate surface area is 91.5 Å². The van der Waals surface area contributed by atoms with Crippen molar-refractivity contribution in [1.82, 2.24) is 15.6 Å². The molecule has 0 bridgehead atoms. The van der Waals surface area contributed by atoms with E-state index in [1.54, 1.807) is 0 Å². The van der Waals surface area contributed by atoms with Gasteiger partial charge in [-0.05, 0) is 6.42 Å². The lowest BCUT2D eigenvalue weighted by atomic mass is 10.2. The molecule has 2 heterocycles. The fourth-order valence-corrected chi connectivity index (χ4v) is 2.32. The summed E-state index contributed by atoms with van der Waals surface area (Å²) in [6.45, 7) is 2.17. The van der Waals surface area contributed by atoms with Crippen LogP contribution < -0.4 is 15.5 Å². The van der Waals surface area contributed by atoms with Crippen molar-refractivity contribution in [3.8, 4) is 0 Å². The van der Waals surface area contributed by atoms with Gasteiger partial charge in [-0.2, -0.15) is 0 Å².